The monoisotopic (exact) mass is 448 g/mol. The van der Waals surface area contributed by atoms with Crippen molar-refractivity contribution in [2.45, 2.75) is 39.2 Å². The number of rotatable bonds is 8. The van der Waals surface area contributed by atoms with E-state index in [9.17, 15) is 4.79 Å². The molecule has 2 aromatic carbocycles. The number of nitrogens with one attached hydrogen (secondary N) is 2. The average molecular weight is 449 g/mol. The normalized spacial score (nSPS) is 11.0. The van der Waals surface area contributed by atoms with Crippen LogP contribution in [0.25, 0.3) is 0 Å². The quantitative estimate of drug-likeness (QED) is 0.557. The number of ether oxygens (including phenoxy) is 2. The largest absolute Gasteiger partial charge is 0.496 e. The van der Waals surface area contributed by atoms with Crippen LogP contribution in [0.3, 0.4) is 0 Å². The number of carbonyl (C=O) groups is 1. The molecule has 0 saturated heterocycles. The van der Waals surface area contributed by atoms with E-state index in [1.54, 1.807) is 7.11 Å². The molecule has 0 radical (unpaired) electrons. The number of hydrogen-bond donors (Lipinski definition) is 2. The van der Waals surface area contributed by atoms with Gasteiger partial charge in [0.1, 0.15) is 11.5 Å². The second kappa shape index (κ2) is 10.4. The third-order valence-electron chi connectivity index (χ3n) is 4.29. The van der Waals surface area contributed by atoms with Gasteiger partial charge in [-0.1, -0.05) is 45.0 Å². The van der Waals surface area contributed by atoms with E-state index in [0.717, 1.165) is 28.0 Å². The molecule has 2 aromatic rings. The number of carbonyl (C=O) groups excluding carboxylic acids is 1. The molecule has 2 rings (SSSR count). The number of para-hydroxylation sites is 1. The van der Waals surface area contributed by atoms with Gasteiger partial charge in [0.15, 0.2) is 0 Å². The summed E-state index contributed by atoms with van der Waals surface area (Å²) in [6.45, 7) is 8.02. The summed E-state index contributed by atoms with van der Waals surface area (Å²) in [5.41, 5.74) is 2.29. The molecule has 2 N–H and O–H groups in total. The van der Waals surface area contributed by atoms with Gasteiger partial charge in [-0.25, -0.2) is 4.79 Å². The lowest BCUT2D eigenvalue weighted by Crippen LogP contribution is -2.36. The number of amides is 2. The number of methoxy groups -OCH3 is 1. The molecule has 6 heteroatoms. The standard InChI is InChI=1S/C22H29BrN2O3/c1-22(2,3)17-10-11-20(18(23)14-17)28-13-7-12-24-21(26)25-15-16-8-5-6-9-19(16)27-4/h5-6,8-11,14H,7,12-13,15H2,1-4H3,(H2,24,25,26). The second-order valence-electron chi connectivity index (χ2n) is 7.52. The molecule has 5 nitrogen and oxygen atoms in total. The van der Waals surface area contributed by atoms with E-state index in [2.05, 4.69) is 59.5 Å². The molecule has 2 amide bonds. The first-order valence-electron chi connectivity index (χ1n) is 9.37. The van der Waals surface area contributed by atoms with Crippen molar-refractivity contribution in [2.75, 3.05) is 20.3 Å². The number of benzene rings is 2. The van der Waals surface area contributed by atoms with E-state index in [4.69, 9.17) is 9.47 Å². The van der Waals surface area contributed by atoms with E-state index >= 15 is 0 Å². The molecule has 0 saturated carbocycles. The van der Waals surface area contributed by atoms with Gasteiger partial charge >= 0.3 is 6.03 Å². The third-order valence-corrected chi connectivity index (χ3v) is 4.91. The van der Waals surface area contributed by atoms with Crippen LogP contribution in [0.4, 0.5) is 4.79 Å². The lowest BCUT2D eigenvalue weighted by atomic mass is 9.87. The van der Waals surface area contributed by atoms with Gasteiger partial charge in [0.25, 0.3) is 0 Å². The Kier molecular flexibility index (Phi) is 8.18. The fourth-order valence-corrected chi connectivity index (χ4v) is 3.12. The predicted molar refractivity (Wildman–Crippen MR) is 116 cm³/mol. The first-order valence-corrected chi connectivity index (χ1v) is 10.2. The molecule has 0 atom stereocenters. The molecule has 0 aliphatic heterocycles. The maximum Gasteiger partial charge on any atom is 0.315 e. The Morgan fingerprint density at radius 1 is 1.07 bits per heavy atom. The zero-order valence-electron chi connectivity index (χ0n) is 17.0. The smallest absolute Gasteiger partial charge is 0.315 e. The zero-order chi connectivity index (χ0) is 20.6. The van der Waals surface area contributed by atoms with Gasteiger partial charge in [-0.2, -0.15) is 0 Å². The Labute approximate surface area is 175 Å². The fraction of sp³-hybridized carbons (Fsp3) is 0.409. The maximum absolute atomic E-state index is 11.9. The Bertz CT molecular complexity index is 788. The van der Waals surface area contributed by atoms with Gasteiger partial charge in [-0.3, -0.25) is 0 Å². The predicted octanol–water partition coefficient (Wildman–Crippen LogP) is 5.02. The van der Waals surface area contributed by atoms with E-state index in [1.165, 1.54) is 5.56 Å². The molecule has 152 valence electrons. The summed E-state index contributed by atoms with van der Waals surface area (Å²) in [6, 6.07) is 13.6. The van der Waals surface area contributed by atoms with Crippen LogP contribution in [0.1, 0.15) is 38.3 Å². The van der Waals surface area contributed by atoms with Crippen molar-refractivity contribution < 1.29 is 14.3 Å². The van der Waals surface area contributed by atoms with Gasteiger partial charge < -0.3 is 20.1 Å². The minimum Gasteiger partial charge on any atom is -0.496 e. The highest BCUT2D eigenvalue weighted by Gasteiger charge is 2.15. The van der Waals surface area contributed by atoms with Gasteiger partial charge in [0.2, 0.25) is 0 Å². The molecule has 28 heavy (non-hydrogen) atoms. The van der Waals surface area contributed by atoms with Crippen molar-refractivity contribution >= 4 is 22.0 Å². The van der Waals surface area contributed by atoms with Crippen molar-refractivity contribution in [3.8, 4) is 11.5 Å². The molecular weight excluding hydrogens is 420 g/mol. The molecular formula is C22H29BrN2O3. The Hall–Kier alpha value is -2.21. The summed E-state index contributed by atoms with van der Waals surface area (Å²) in [5, 5.41) is 5.67. The first-order chi connectivity index (χ1) is 13.3. The molecule has 0 aliphatic carbocycles. The summed E-state index contributed by atoms with van der Waals surface area (Å²) in [7, 11) is 1.62. The summed E-state index contributed by atoms with van der Waals surface area (Å²) < 4.78 is 12.0. The van der Waals surface area contributed by atoms with Gasteiger partial charge in [0, 0.05) is 18.7 Å². The minimum atomic E-state index is -0.207. The van der Waals surface area contributed by atoms with Crippen molar-refractivity contribution in [3.05, 3.63) is 58.1 Å². The summed E-state index contributed by atoms with van der Waals surface area (Å²) in [5.74, 6) is 1.58. The minimum absolute atomic E-state index is 0.0993. The molecule has 0 heterocycles. The van der Waals surface area contributed by atoms with Crippen LogP contribution in [0.5, 0.6) is 11.5 Å². The molecule has 0 aliphatic rings. The van der Waals surface area contributed by atoms with Crippen LogP contribution in [0.15, 0.2) is 46.9 Å². The number of urea groups is 1. The van der Waals surface area contributed by atoms with Crippen LogP contribution in [0.2, 0.25) is 0 Å². The number of halogens is 1. The lowest BCUT2D eigenvalue weighted by Gasteiger charge is -2.20. The first kappa shape index (κ1) is 22.1. The Morgan fingerprint density at radius 2 is 1.82 bits per heavy atom. The van der Waals surface area contributed by atoms with Crippen LogP contribution < -0.4 is 20.1 Å². The van der Waals surface area contributed by atoms with Crippen LogP contribution in [-0.2, 0) is 12.0 Å². The molecule has 0 fully saturated rings. The Morgan fingerprint density at radius 3 is 2.50 bits per heavy atom. The van der Waals surface area contributed by atoms with Crippen LogP contribution in [0, 0.1) is 0 Å². The average Bonchev–Trinajstić information content (AvgIpc) is 2.66. The van der Waals surface area contributed by atoms with Crippen molar-refractivity contribution in [2.24, 2.45) is 0 Å². The van der Waals surface area contributed by atoms with Crippen molar-refractivity contribution in [1.29, 1.82) is 0 Å². The second-order valence-corrected chi connectivity index (χ2v) is 8.37. The van der Waals surface area contributed by atoms with Crippen LogP contribution >= 0.6 is 15.9 Å². The topological polar surface area (TPSA) is 59.6 Å². The van der Waals surface area contributed by atoms with E-state index < -0.39 is 0 Å². The van der Waals surface area contributed by atoms with Gasteiger partial charge in [-0.15, -0.1) is 0 Å². The van der Waals surface area contributed by atoms with E-state index in [1.807, 2.05) is 30.3 Å². The number of hydrogen-bond acceptors (Lipinski definition) is 3. The highest BCUT2D eigenvalue weighted by molar-refractivity contribution is 9.10. The lowest BCUT2D eigenvalue weighted by molar-refractivity contribution is 0.238. The van der Waals surface area contributed by atoms with E-state index in [0.29, 0.717) is 19.7 Å². The van der Waals surface area contributed by atoms with Crippen molar-refractivity contribution in [3.63, 3.8) is 0 Å². The molecule has 0 spiro atoms. The molecule has 0 aromatic heterocycles. The van der Waals surface area contributed by atoms with Crippen molar-refractivity contribution in [1.82, 2.24) is 10.6 Å². The Balaban J connectivity index is 1.68. The van der Waals surface area contributed by atoms with Crippen LogP contribution in [-0.4, -0.2) is 26.3 Å². The zero-order valence-corrected chi connectivity index (χ0v) is 18.6. The van der Waals surface area contributed by atoms with Gasteiger partial charge in [-0.05, 0) is 51.5 Å². The van der Waals surface area contributed by atoms with Gasteiger partial charge in [0.05, 0.1) is 18.2 Å². The molecule has 0 unspecified atom stereocenters. The third kappa shape index (κ3) is 6.75. The SMILES string of the molecule is COc1ccccc1CNC(=O)NCCCOc1ccc(C(C)(C)C)cc1Br. The molecule has 0 bridgehead atoms. The summed E-state index contributed by atoms with van der Waals surface area (Å²) in [4.78, 5) is 11.9. The maximum atomic E-state index is 11.9. The van der Waals surface area contributed by atoms with E-state index in [-0.39, 0.29) is 11.4 Å². The summed E-state index contributed by atoms with van der Waals surface area (Å²) >= 11 is 3.57. The highest BCUT2D eigenvalue weighted by atomic mass is 79.9. The highest BCUT2D eigenvalue weighted by Crippen LogP contribution is 2.31. The summed E-state index contributed by atoms with van der Waals surface area (Å²) in [6.07, 6.45) is 0.718. The fourth-order valence-electron chi connectivity index (χ4n) is 2.63.